The van der Waals surface area contributed by atoms with Crippen molar-refractivity contribution in [3.8, 4) is 0 Å². The van der Waals surface area contributed by atoms with Gasteiger partial charge in [0.1, 0.15) is 17.6 Å². The quantitative estimate of drug-likeness (QED) is 0.656. The Kier molecular flexibility index (Phi) is 5.06. The van der Waals surface area contributed by atoms with Crippen LogP contribution in [0.5, 0.6) is 0 Å². The van der Waals surface area contributed by atoms with Crippen molar-refractivity contribution in [1.29, 1.82) is 0 Å². The second kappa shape index (κ2) is 7.28. The molecule has 4 rings (SSSR count). The Morgan fingerprint density at radius 3 is 2.66 bits per heavy atom. The first kappa shape index (κ1) is 20.1. The van der Waals surface area contributed by atoms with Gasteiger partial charge in [0.2, 0.25) is 5.79 Å². The number of nitrogens with one attached hydrogen (secondary N) is 2. The molecular formula is C18H25F4N7. The van der Waals surface area contributed by atoms with Crippen LogP contribution in [-0.4, -0.2) is 59.0 Å². The molecule has 0 spiro atoms. The summed E-state index contributed by atoms with van der Waals surface area (Å²) in [5.41, 5.74) is 5.62. The number of alkyl halides is 4. The number of piperidine rings is 1. The Balaban J connectivity index is 1.50. The molecule has 1 aliphatic carbocycles. The number of nitrogens with zero attached hydrogens (tertiary/aromatic N) is 4. The fourth-order valence-corrected chi connectivity index (χ4v) is 4.09. The smallest absolute Gasteiger partial charge is 0.373 e. The van der Waals surface area contributed by atoms with E-state index in [9.17, 15) is 17.6 Å². The molecule has 1 unspecified atom stereocenters. The van der Waals surface area contributed by atoms with Crippen LogP contribution in [0.15, 0.2) is 29.2 Å². The van der Waals surface area contributed by atoms with Crippen molar-refractivity contribution in [1.82, 2.24) is 25.3 Å². The van der Waals surface area contributed by atoms with Crippen LogP contribution in [0.1, 0.15) is 37.3 Å². The topological polar surface area (TPSA) is 83.5 Å². The van der Waals surface area contributed by atoms with Gasteiger partial charge in [-0.15, -0.1) is 0 Å². The zero-order chi connectivity index (χ0) is 20.8. The van der Waals surface area contributed by atoms with E-state index in [1.165, 1.54) is 24.3 Å². The van der Waals surface area contributed by atoms with E-state index >= 15 is 0 Å². The summed E-state index contributed by atoms with van der Waals surface area (Å²) in [6.45, 7) is 1.17. The van der Waals surface area contributed by atoms with Crippen molar-refractivity contribution in [3.63, 3.8) is 0 Å². The molecule has 29 heavy (non-hydrogen) atoms. The van der Waals surface area contributed by atoms with Gasteiger partial charge in [-0.25, -0.2) is 9.38 Å². The average molecular weight is 415 g/mol. The Morgan fingerprint density at radius 1 is 1.31 bits per heavy atom. The lowest BCUT2D eigenvalue weighted by Gasteiger charge is -2.43. The summed E-state index contributed by atoms with van der Waals surface area (Å²) in [5.74, 6) is -1.99. The second-order valence-corrected chi connectivity index (χ2v) is 7.84. The third-order valence-corrected chi connectivity index (χ3v) is 6.03. The summed E-state index contributed by atoms with van der Waals surface area (Å²) in [5, 5.41) is 9.19. The minimum Gasteiger partial charge on any atom is -0.373 e. The number of likely N-dealkylation sites (N-methyl/N-ethyl adjacent to an activating group) is 1. The predicted octanol–water partition coefficient (Wildman–Crippen LogP) is 1.76. The number of aliphatic imine (C=N–C) groups is 1. The molecule has 2 aliphatic heterocycles. The van der Waals surface area contributed by atoms with Crippen LogP contribution in [-0.2, 0) is 5.79 Å². The minimum absolute atomic E-state index is 0.358. The van der Waals surface area contributed by atoms with E-state index in [4.69, 9.17) is 5.73 Å². The van der Waals surface area contributed by atoms with Crippen molar-refractivity contribution in [2.75, 3.05) is 20.1 Å². The van der Waals surface area contributed by atoms with Gasteiger partial charge in [-0.2, -0.15) is 18.3 Å². The van der Waals surface area contributed by atoms with Gasteiger partial charge in [0.05, 0.1) is 17.8 Å². The zero-order valence-electron chi connectivity index (χ0n) is 16.1. The van der Waals surface area contributed by atoms with Crippen molar-refractivity contribution >= 4 is 5.84 Å². The second-order valence-electron chi connectivity index (χ2n) is 7.84. The molecule has 1 saturated carbocycles. The molecule has 1 aromatic rings. The van der Waals surface area contributed by atoms with Gasteiger partial charge in [-0.05, 0) is 19.3 Å². The molecular weight excluding hydrogens is 390 g/mol. The lowest BCUT2D eigenvalue weighted by atomic mass is 9.89. The van der Waals surface area contributed by atoms with Crippen molar-refractivity contribution in [2.24, 2.45) is 10.7 Å². The van der Waals surface area contributed by atoms with E-state index in [1.807, 2.05) is 0 Å². The Morgan fingerprint density at radius 2 is 2.07 bits per heavy atom. The van der Waals surface area contributed by atoms with E-state index in [1.54, 1.807) is 6.20 Å². The maximum Gasteiger partial charge on any atom is 0.421 e. The monoisotopic (exact) mass is 415 g/mol. The number of hydrogen-bond donors (Lipinski definition) is 3. The lowest BCUT2D eigenvalue weighted by molar-refractivity contribution is -0.0872. The standard InChI is InChI=1S/C18H25F4N7/c1-24-16-13(17(20,21)22)8-25-18(23,27-16)11-7-26-29(9-11)15-5-6-28(10-14(15)19)12-3-2-4-12/h7-9,12,14-15,25H,2-6,10,23H2,1H3,(H,24,27)/t14-,15-,18?/m1/s1. The van der Waals surface area contributed by atoms with Crippen molar-refractivity contribution in [3.05, 3.63) is 29.7 Å². The van der Waals surface area contributed by atoms with Gasteiger partial charge >= 0.3 is 6.18 Å². The number of aromatic nitrogens is 2. The van der Waals surface area contributed by atoms with Crippen LogP contribution in [0.2, 0.25) is 0 Å². The third-order valence-electron chi connectivity index (χ3n) is 6.03. The normalized spacial score (nSPS) is 31.5. The molecule has 0 amide bonds. The van der Waals surface area contributed by atoms with E-state index in [2.05, 4.69) is 25.6 Å². The number of rotatable bonds is 3. The van der Waals surface area contributed by atoms with Crippen LogP contribution in [0, 0.1) is 0 Å². The fourth-order valence-electron chi connectivity index (χ4n) is 4.09. The van der Waals surface area contributed by atoms with Crippen molar-refractivity contribution in [2.45, 2.75) is 55.9 Å². The maximum absolute atomic E-state index is 14.8. The molecule has 4 N–H and O–H groups in total. The highest BCUT2D eigenvalue weighted by atomic mass is 19.4. The Hall–Kier alpha value is -2.14. The zero-order valence-corrected chi connectivity index (χ0v) is 16.1. The van der Waals surface area contributed by atoms with Crippen LogP contribution in [0.3, 0.4) is 0 Å². The van der Waals surface area contributed by atoms with Gasteiger partial charge in [0.25, 0.3) is 0 Å². The molecule has 7 nitrogen and oxygen atoms in total. The Bertz CT molecular complexity index is 813. The summed E-state index contributed by atoms with van der Waals surface area (Å²) in [7, 11) is 1.34. The predicted molar refractivity (Wildman–Crippen MR) is 99.6 cm³/mol. The first-order valence-electron chi connectivity index (χ1n) is 9.76. The lowest BCUT2D eigenvalue weighted by Crippen LogP contribution is -2.52. The molecule has 0 radical (unpaired) electrons. The maximum atomic E-state index is 14.8. The first-order valence-corrected chi connectivity index (χ1v) is 9.76. The van der Waals surface area contributed by atoms with Gasteiger partial charge in [-0.3, -0.25) is 15.3 Å². The van der Waals surface area contributed by atoms with E-state index < -0.39 is 29.7 Å². The van der Waals surface area contributed by atoms with Gasteiger partial charge < -0.3 is 10.6 Å². The number of amidine groups is 1. The molecule has 1 aromatic heterocycles. The SMILES string of the molecule is CNC1=NC(N)(c2cnn([C@@H]3CCN(C4CCC4)C[C@H]3F)c2)NC=C1C(F)(F)F. The van der Waals surface area contributed by atoms with Crippen LogP contribution in [0.4, 0.5) is 17.6 Å². The first-order chi connectivity index (χ1) is 13.7. The minimum atomic E-state index is -4.57. The van der Waals surface area contributed by atoms with E-state index in [-0.39, 0.29) is 5.84 Å². The highest BCUT2D eigenvalue weighted by molar-refractivity contribution is 6.00. The molecule has 11 heteroatoms. The number of hydrogen-bond acceptors (Lipinski definition) is 6. The Labute approximate surface area is 166 Å². The molecule has 3 heterocycles. The third kappa shape index (κ3) is 3.73. The summed E-state index contributed by atoms with van der Waals surface area (Å²) in [6.07, 6.45) is 2.21. The molecule has 160 valence electrons. The van der Waals surface area contributed by atoms with Crippen LogP contribution >= 0.6 is 0 Å². The van der Waals surface area contributed by atoms with Crippen molar-refractivity contribution < 1.29 is 17.6 Å². The van der Waals surface area contributed by atoms with Crippen LogP contribution in [0.25, 0.3) is 0 Å². The summed E-state index contributed by atoms with van der Waals surface area (Å²) < 4.78 is 55.7. The van der Waals surface area contributed by atoms with Gasteiger partial charge in [0, 0.05) is 38.6 Å². The molecule has 3 atom stereocenters. The van der Waals surface area contributed by atoms with E-state index in [0.29, 0.717) is 24.6 Å². The molecule has 0 bridgehead atoms. The summed E-state index contributed by atoms with van der Waals surface area (Å²) in [4.78, 5) is 6.21. The number of halogens is 4. The fraction of sp³-hybridized carbons (Fsp3) is 0.667. The molecule has 1 saturated heterocycles. The van der Waals surface area contributed by atoms with Gasteiger partial charge in [-0.1, -0.05) is 6.42 Å². The summed E-state index contributed by atoms with van der Waals surface area (Å²) >= 11 is 0. The molecule has 2 fully saturated rings. The largest absolute Gasteiger partial charge is 0.421 e. The number of nitrogens with two attached hydrogens (primary N) is 1. The molecule has 0 aromatic carbocycles. The average Bonchev–Trinajstić information content (AvgIpc) is 3.10. The van der Waals surface area contributed by atoms with E-state index in [0.717, 1.165) is 25.6 Å². The van der Waals surface area contributed by atoms with Gasteiger partial charge in [0.15, 0.2) is 0 Å². The highest BCUT2D eigenvalue weighted by Crippen LogP contribution is 2.34. The summed E-state index contributed by atoms with van der Waals surface area (Å²) in [6, 6.07) is 0.0614. The highest BCUT2D eigenvalue weighted by Gasteiger charge is 2.43. The van der Waals surface area contributed by atoms with Crippen LogP contribution < -0.4 is 16.4 Å². The number of likely N-dealkylation sites (tertiary alicyclic amines) is 1. The molecule has 3 aliphatic rings.